The first kappa shape index (κ1) is 24.0. The van der Waals surface area contributed by atoms with Crippen molar-refractivity contribution in [3.63, 3.8) is 0 Å². The van der Waals surface area contributed by atoms with Crippen molar-refractivity contribution in [2.45, 2.75) is 24.9 Å². The lowest BCUT2D eigenvalue weighted by molar-refractivity contribution is 0.0950. The fourth-order valence-corrected chi connectivity index (χ4v) is 5.01. The van der Waals surface area contributed by atoms with Crippen LogP contribution in [0.15, 0.2) is 94.3 Å². The van der Waals surface area contributed by atoms with Crippen LogP contribution in [0.4, 0.5) is 5.69 Å². The van der Waals surface area contributed by atoms with E-state index in [4.69, 9.17) is 9.26 Å². The second kappa shape index (κ2) is 10.4. The summed E-state index contributed by atoms with van der Waals surface area (Å²) in [6.07, 6.45) is 0. The maximum Gasteiger partial charge on any atom is 0.264 e. The maximum absolute atomic E-state index is 13.8. The van der Waals surface area contributed by atoms with E-state index in [9.17, 15) is 13.2 Å². The Hall–Kier alpha value is -4.11. The van der Waals surface area contributed by atoms with Crippen molar-refractivity contribution < 1.29 is 22.5 Å². The standard InChI is InChI=1S/C26H25N3O5S/c1-19-15-22(28-34-19)17-27-26(30)21-9-6-10-25(16-21)35(31,32)29(18-20-7-4-3-5-8-20)23-11-13-24(33-2)14-12-23/h3-16H,17-18H2,1-2H3,(H,27,30). The number of ether oxygens (including phenoxy) is 1. The summed E-state index contributed by atoms with van der Waals surface area (Å²) in [4.78, 5) is 12.7. The van der Waals surface area contributed by atoms with Crippen LogP contribution in [0.1, 0.15) is 27.4 Å². The zero-order chi connectivity index (χ0) is 24.8. The molecule has 1 amide bonds. The van der Waals surface area contributed by atoms with Crippen molar-refractivity contribution in [1.82, 2.24) is 10.5 Å². The van der Waals surface area contributed by atoms with Crippen molar-refractivity contribution in [1.29, 1.82) is 0 Å². The molecule has 1 N–H and O–H groups in total. The SMILES string of the molecule is COc1ccc(N(Cc2ccccc2)S(=O)(=O)c2cccc(C(=O)NCc3cc(C)on3)c2)cc1. The van der Waals surface area contributed by atoms with Crippen LogP contribution in [-0.2, 0) is 23.1 Å². The van der Waals surface area contributed by atoms with Crippen LogP contribution >= 0.6 is 0 Å². The third-order valence-electron chi connectivity index (χ3n) is 5.32. The predicted molar refractivity (Wildman–Crippen MR) is 132 cm³/mol. The Morgan fingerprint density at radius 3 is 2.40 bits per heavy atom. The number of anilines is 1. The summed E-state index contributed by atoms with van der Waals surface area (Å²) in [5.41, 5.74) is 2.10. The second-order valence-electron chi connectivity index (χ2n) is 7.83. The van der Waals surface area contributed by atoms with E-state index in [0.29, 0.717) is 22.9 Å². The van der Waals surface area contributed by atoms with Gasteiger partial charge in [0.1, 0.15) is 17.2 Å². The molecule has 0 aliphatic carbocycles. The summed E-state index contributed by atoms with van der Waals surface area (Å²) in [6, 6.07) is 23.8. The summed E-state index contributed by atoms with van der Waals surface area (Å²) in [5.74, 6) is 0.841. The highest BCUT2D eigenvalue weighted by molar-refractivity contribution is 7.92. The number of methoxy groups -OCH3 is 1. The van der Waals surface area contributed by atoms with Gasteiger partial charge >= 0.3 is 0 Å². The Bertz CT molecular complexity index is 1400. The monoisotopic (exact) mass is 491 g/mol. The van der Waals surface area contributed by atoms with E-state index < -0.39 is 15.9 Å². The molecule has 0 saturated heterocycles. The molecule has 0 aliphatic rings. The van der Waals surface area contributed by atoms with Crippen LogP contribution in [0.2, 0.25) is 0 Å². The van der Waals surface area contributed by atoms with Gasteiger partial charge in [0.25, 0.3) is 15.9 Å². The first-order valence-corrected chi connectivity index (χ1v) is 12.3. The molecule has 0 radical (unpaired) electrons. The Morgan fingerprint density at radius 1 is 1.00 bits per heavy atom. The van der Waals surface area contributed by atoms with E-state index in [1.807, 2.05) is 30.3 Å². The molecule has 0 unspecified atom stereocenters. The predicted octanol–water partition coefficient (Wildman–Crippen LogP) is 4.32. The topological polar surface area (TPSA) is 102 Å². The second-order valence-corrected chi connectivity index (χ2v) is 9.70. The number of rotatable bonds is 9. The van der Waals surface area contributed by atoms with Gasteiger partial charge in [0.2, 0.25) is 0 Å². The molecule has 35 heavy (non-hydrogen) atoms. The molecule has 1 aromatic heterocycles. The van der Waals surface area contributed by atoms with Crippen LogP contribution in [0.25, 0.3) is 0 Å². The van der Waals surface area contributed by atoms with Crippen molar-refractivity contribution in [3.8, 4) is 5.75 Å². The minimum atomic E-state index is -4.01. The van der Waals surface area contributed by atoms with Crippen molar-refractivity contribution in [3.05, 3.63) is 108 Å². The fraction of sp³-hybridized carbons (Fsp3) is 0.154. The lowest BCUT2D eigenvalue weighted by Crippen LogP contribution is -2.31. The van der Waals surface area contributed by atoms with Gasteiger partial charge in [-0.1, -0.05) is 41.6 Å². The number of nitrogens with zero attached hydrogens (tertiary/aromatic N) is 2. The first-order chi connectivity index (χ1) is 16.9. The number of carbonyl (C=O) groups is 1. The maximum atomic E-state index is 13.8. The van der Waals surface area contributed by atoms with Crippen molar-refractivity contribution in [2.24, 2.45) is 0 Å². The summed E-state index contributed by atoms with van der Waals surface area (Å²) in [7, 11) is -2.46. The molecule has 0 fully saturated rings. The number of amides is 1. The minimum Gasteiger partial charge on any atom is -0.497 e. The van der Waals surface area contributed by atoms with Gasteiger partial charge in [-0.25, -0.2) is 8.42 Å². The van der Waals surface area contributed by atoms with E-state index >= 15 is 0 Å². The molecule has 9 heteroatoms. The van der Waals surface area contributed by atoms with Crippen LogP contribution in [0, 0.1) is 6.92 Å². The summed E-state index contributed by atoms with van der Waals surface area (Å²) < 4.78 is 39.1. The average Bonchev–Trinajstić information content (AvgIpc) is 3.31. The molecule has 8 nitrogen and oxygen atoms in total. The Labute approximate surface area is 204 Å². The van der Waals surface area contributed by atoms with E-state index in [0.717, 1.165) is 5.56 Å². The van der Waals surface area contributed by atoms with Gasteiger partial charge in [0.05, 0.1) is 30.8 Å². The van der Waals surface area contributed by atoms with Gasteiger partial charge < -0.3 is 14.6 Å². The Kier molecular flexibility index (Phi) is 7.17. The van der Waals surface area contributed by atoms with Gasteiger partial charge in [0.15, 0.2) is 0 Å². The Morgan fingerprint density at radius 2 is 1.74 bits per heavy atom. The molecule has 0 spiro atoms. The number of sulfonamides is 1. The van der Waals surface area contributed by atoms with Crippen LogP contribution in [0.5, 0.6) is 5.75 Å². The van der Waals surface area contributed by atoms with E-state index in [1.54, 1.807) is 56.5 Å². The van der Waals surface area contributed by atoms with E-state index in [-0.39, 0.29) is 23.5 Å². The number of nitrogens with one attached hydrogen (secondary N) is 1. The highest BCUT2D eigenvalue weighted by Gasteiger charge is 2.26. The van der Waals surface area contributed by atoms with Gasteiger partial charge in [-0.15, -0.1) is 0 Å². The number of hydrogen-bond acceptors (Lipinski definition) is 6. The largest absolute Gasteiger partial charge is 0.497 e. The van der Waals surface area contributed by atoms with E-state index in [1.165, 1.54) is 16.4 Å². The summed E-state index contributed by atoms with van der Waals surface area (Å²) in [5, 5.41) is 6.58. The van der Waals surface area contributed by atoms with Gasteiger partial charge in [0, 0.05) is 11.6 Å². The minimum absolute atomic E-state index is 0.00850. The Balaban J connectivity index is 1.63. The van der Waals surface area contributed by atoms with Crippen molar-refractivity contribution >= 4 is 21.6 Å². The lowest BCUT2D eigenvalue weighted by atomic mass is 10.2. The molecule has 0 aliphatic heterocycles. The number of carbonyl (C=O) groups excluding carboxylic acids is 1. The molecule has 1 heterocycles. The molecule has 3 aromatic carbocycles. The molecule has 4 rings (SSSR count). The quantitative estimate of drug-likeness (QED) is 0.374. The van der Waals surface area contributed by atoms with Crippen LogP contribution < -0.4 is 14.4 Å². The summed E-state index contributed by atoms with van der Waals surface area (Å²) >= 11 is 0. The van der Waals surface area contributed by atoms with Crippen molar-refractivity contribution in [2.75, 3.05) is 11.4 Å². The highest BCUT2D eigenvalue weighted by Crippen LogP contribution is 2.28. The number of benzene rings is 3. The molecular formula is C26H25N3O5S. The molecule has 0 atom stereocenters. The molecule has 180 valence electrons. The normalized spacial score (nSPS) is 11.1. The summed E-state index contributed by atoms with van der Waals surface area (Å²) in [6.45, 7) is 2.05. The first-order valence-electron chi connectivity index (χ1n) is 10.9. The van der Waals surface area contributed by atoms with Gasteiger partial charge in [-0.05, 0) is 55.0 Å². The third-order valence-corrected chi connectivity index (χ3v) is 7.09. The number of aromatic nitrogens is 1. The van der Waals surface area contributed by atoms with Crippen LogP contribution in [0.3, 0.4) is 0 Å². The smallest absolute Gasteiger partial charge is 0.264 e. The zero-order valence-electron chi connectivity index (χ0n) is 19.3. The molecule has 0 bridgehead atoms. The number of hydrogen-bond donors (Lipinski definition) is 1. The molecular weight excluding hydrogens is 466 g/mol. The average molecular weight is 492 g/mol. The van der Waals surface area contributed by atoms with Crippen LogP contribution in [-0.4, -0.2) is 26.6 Å². The third kappa shape index (κ3) is 5.70. The molecule has 0 saturated carbocycles. The van der Waals surface area contributed by atoms with E-state index in [2.05, 4.69) is 10.5 Å². The number of aryl methyl sites for hydroxylation is 1. The zero-order valence-corrected chi connectivity index (χ0v) is 20.2. The highest BCUT2D eigenvalue weighted by atomic mass is 32.2. The molecule has 4 aromatic rings. The lowest BCUT2D eigenvalue weighted by Gasteiger charge is -2.25. The fourth-order valence-electron chi connectivity index (χ4n) is 3.51. The van der Waals surface area contributed by atoms with Gasteiger partial charge in [-0.3, -0.25) is 9.10 Å². The van der Waals surface area contributed by atoms with Gasteiger partial charge in [-0.2, -0.15) is 0 Å².